The molecule has 5 nitrogen and oxygen atoms in total. The van der Waals surface area contributed by atoms with Crippen molar-refractivity contribution in [2.24, 2.45) is 0 Å². The molecule has 1 unspecified atom stereocenters. The maximum Gasteiger partial charge on any atom is 0.426 e. The first-order chi connectivity index (χ1) is 19.3. The van der Waals surface area contributed by atoms with E-state index in [1.165, 1.54) is 31.1 Å². The average Bonchev–Trinajstić information content (AvgIpc) is 3.24. The predicted octanol–water partition coefficient (Wildman–Crippen LogP) is 8.86. The molecular weight excluding hydrogens is 918 g/mol. The van der Waals surface area contributed by atoms with Gasteiger partial charge in [0.1, 0.15) is 0 Å². The molecule has 1 heterocycles. The second-order valence-corrected chi connectivity index (χ2v) is 15.4. The first-order valence-electron chi connectivity index (χ1n) is 11.6. The van der Waals surface area contributed by atoms with E-state index in [1.54, 1.807) is 28.7 Å². The zero-order valence-electron chi connectivity index (χ0n) is 20.6. The van der Waals surface area contributed by atoms with Crippen LogP contribution in [0.5, 0.6) is 0 Å². The van der Waals surface area contributed by atoms with Crippen LogP contribution in [0.25, 0.3) is 25.1 Å². The molecule has 214 valence electrons. The maximum atomic E-state index is 12.7. The van der Waals surface area contributed by atoms with Gasteiger partial charge in [-0.15, -0.1) is 0 Å². The number of carbonyl (C=O) groups is 1. The second kappa shape index (κ2) is 13.4. The van der Waals surface area contributed by atoms with E-state index in [0.717, 1.165) is 0 Å². The summed E-state index contributed by atoms with van der Waals surface area (Å²) in [4.78, 5) is 13.3. The molecule has 0 aliphatic rings. The number of hydrogen-bond acceptors (Lipinski definition) is 5. The highest BCUT2D eigenvalue weighted by molar-refractivity contribution is 14.1. The van der Waals surface area contributed by atoms with E-state index in [4.69, 9.17) is 0 Å². The molecule has 0 saturated carbocycles. The topological polar surface area (TPSA) is 83.5 Å². The van der Waals surface area contributed by atoms with Gasteiger partial charge < -0.3 is 9.29 Å². The zero-order chi connectivity index (χ0) is 29.9. The summed E-state index contributed by atoms with van der Waals surface area (Å²) in [5, 5.41) is 2.79. The van der Waals surface area contributed by atoms with Gasteiger partial charge in [0.05, 0.1) is 21.4 Å². The third-order valence-corrected chi connectivity index (χ3v) is 12.4. The molecule has 5 aromatic rings. The van der Waals surface area contributed by atoms with Crippen LogP contribution in [0.4, 0.5) is 13.2 Å². The Labute approximate surface area is 277 Å². The average molecular weight is 936 g/mol. The minimum absolute atomic E-state index is 0.0594. The Morgan fingerprint density at radius 3 is 1.88 bits per heavy atom. The molecule has 41 heavy (non-hydrogen) atoms. The Balaban J connectivity index is 0.000000190. The number of carbonyl (C=O) groups excluding carboxylic acids is 1. The van der Waals surface area contributed by atoms with Gasteiger partial charge >= 0.3 is 12.1 Å². The molecular formula is C28H18F3I3O5S2. The lowest BCUT2D eigenvalue weighted by Gasteiger charge is -2.22. The van der Waals surface area contributed by atoms with Gasteiger partial charge in [-0.3, -0.25) is 0 Å². The molecule has 0 bridgehead atoms. The van der Waals surface area contributed by atoms with E-state index in [1.807, 2.05) is 45.2 Å². The fraction of sp³-hybridized carbons (Fsp3) is 0.107. The molecule has 0 aliphatic heterocycles. The molecule has 0 spiro atoms. The first-order valence-corrected chi connectivity index (χ1v) is 17.6. The minimum atomic E-state index is -5.21. The molecule has 0 fully saturated rings. The van der Waals surface area contributed by atoms with Gasteiger partial charge in [-0.05, 0) is 116 Å². The van der Waals surface area contributed by atoms with Crippen molar-refractivity contribution in [3.05, 3.63) is 107 Å². The third-order valence-electron chi connectivity index (χ3n) is 5.67. The number of benzene rings is 4. The van der Waals surface area contributed by atoms with Crippen LogP contribution in [-0.4, -0.2) is 37.0 Å². The van der Waals surface area contributed by atoms with Crippen molar-refractivity contribution in [1.29, 1.82) is 0 Å². The van der Waals surface area contributed by atoms with Crippen molar-refractivity contribution in [3.8, 4) is 4.90 Å². The zero-order valence-corrected chi connectivity index (χ0v) is 28.7. The Hall–Kier alpha value is -1.54. The van der Waals surface area contributed by atoms with E-state index < -0.39 is 34.1 Å². The Bertz CT molecular complexity index is 1770. The quantitative estimate of drug-likeness (QED) is 0.0579. The highest BCUT2D eigenvalue weighted by atomic mass is 127. The summed E-state index contributed by atoms with van der Waals surface area (Å²) in [7, 11) is -5.15. The van der Waals surface area contributed by atoms with Gasteiger partial charge in [0.15, 0.2) is 14.3 Å². The lowest BCUT2D eigenvalue weighted by molar-refractivity contribution is -0.197. The van der Waals surface area contributed by atoms with Crippen molar-refractivity contribution in [3.63, 3.8) is 0 Å². The van der Waals surface area contributed by atoms with Crippen molar-refractivity contribution >= 4 is 115 Å². The molecule has 5 rings (SSSR count). The standard InChI is InChI=1S/C18H13S.C10H6F3I3O5S/c1-2-8-14(9-3-1)19-17-12-6-4-10-15(17)16-11-5-7-13-18(16)19;11-10(12,13)7(3-22(18,19)20)21-9(17)5-1-4(14)2-6(15)8(5)16/h1-13H;1-2,7H,3H2,(H,18,19,20)/q+1;/p-1. The Kier molecular flexibility index (Phi) is 10.6. The van der Waals surface area contributed by atoms with Crippen LogP contribution >= 0.6 is 78.2 Å². The number of alkyl halides is 3. The third kappa shape index (κ3) is 8.10. The Morgan fingerprint density at radius 1 is 0.854 bits per heavy atom. The van der Waals surface area contributed by atoms with Gasteiger partial charge in [-0.2, -0.15) is 13.2 Å². The van der Waals surface area contributed by atoms with Gasteiger partial charge in [-0.25, -0.2) is 13.2 Å². The number of thiophene rings is 1. The summed E-state index contributed by atoms with van der Waals surface area (Å²) in [6, 6.07) is 31.4. The highest BCUT2D eigenvalue weighted by Gasteiger charge is 2.44. The molecule has 0 amide bonds. The van der Waals surface area contributed by atoms with E-state index in [9.17, 15) is 30.9 Å². The summed E-state index contributed by atoms with van der Waals surface area (Å²) in [6.07, 6.45) is -8.16. The molecule has 1 aromatic heterocycles. The monoisotopic (exact) mass is 936 g/mol. The fourth-order valence-electron chi connectivity index (χ4n) is 3.94. The van der Waals surface area contributed by atoms with Crippen LogP contribution in [0, 0.1) is 10.7 Å². The SMILES string of the molecule is O=C(OC(CS(=O)(=O)[O-])C(F)(F)F)c1cc(I)cc(I)c1I.c1ccc(-[s+]2c3ccccc3c3ccccc32)cc1. The number of ether oxygens (including phenoxy) is 1. The van der Waals surface area contributed by atoms with Crippen LogP contribution < -0.4 is 0 Å². The smallest absolute Gasteiger partial charge is 0.426 e. The fourth-order valence-corrected chi connectivity index (χ4v) is 9.34. The normalized spacial score (nSPS) is 12.6. The number of fused-ring (bicyclic) bond motifs is 3. The van der Waals surface area contributed by atoms with Gasteiger partial charge in [0, 0.05) is 32.0 Å². The lowest BCUT2D eigenvalue weighted by atomic mass is 10.2. The van der Waals surface area contributed by atoms with Crippen molar-refractivity contribution in [2.45, 2.75) is 12.3 Å². The van der Waals surface area contributed by atoms with E-state index in [-0.39, 0.29) is 16.0 Å². The molecule has 1 atom stereocenters. The van der Waals surface area contributed by atoms with E-state index in [0.29, 0.717) is 10.7 Å². The molecule has 13 heteroatoms. The van der Waals surface area contributed by atoms with Gasteiger partial charge in [-0.1, -0.05) is 42.5 Å². The van der Waals surface area contributed by atoms with Crippen LogP contribution in [0.1, 0.15) is 10.4 Å². The largest absolute Gasteiger partial charge is 0.748 e. The maximum absolute atomic E-state index is 12.7. The predicted molar refractivity (Wildman–Crippen MR) is 180 cm³/mol. The molecule has 0 N–H and O–H groups in total. The second-order valence-electron chi connectivity index (χ2n) is 8.52. The van der Waals surface area contributed by atoms with Crippen molar-refractivity contribution in [1.82, 2.24) is 0 Å². The van der Waals surface area contributed by atoms with Crippen molar-refractivity contribution < 1.29 is 35.7 Å². The number of hydrogen-bond donors (Lipinski definition) is 0. The Morgan fingerprint density at radius 2 is 1.37 bits per heavy atom. The van der Waals surface area contributed by atoms with Gasteiger partial charge in [0.25, 0.3) is 0 Å². The molecule has 0 radical (unpaired) electrons. The summed E-state index contributed by atoms with van der Waals surface area (Å²) in [6.45, 7) is 0. The minimum Gasteiger partial charge on any atom is -0.748 e. The summed E-state index contributed by atoms with van der Waals surface area (Å²) in [5.41, 5.74) is -0.130. The number of halogens is 6. The van der Waals surface area contributed by atoms with Crippen LogP contribution in [0.15, 0.2) is 91.0 Å². The van der Waals surface area contributed by atoms with E-state index >= 15 is 0 Å². The molecule has 0 aliphatic carbocycles. The summed E-state index contributed by atoms with van der Waals surface area (Å²) in [5.74, 6) is -3.20. The van der Waals surface area contributed by atoms with Crippen LogP contribution in [0.3, 0.4) is 0 Å². The van der Waals surface area contributed by atoms with Crippen molar-refractivity contribution in [2.75, 3.05) is 5.75 Å². The molecule has 0 saturated heterocycles. The molecule has 4 aromatic carbocycles. The number of esters is 1. The van der Waals surface area contributed by atoms with E-state index in [2.05, 4.69) is 83.6 Å². The van der Waals surface area contributed by atoms with Gasteiger partial charge in [0.2, 0.25) is 6.10 Å². The van der Waals surface area contributed by atoms with Crippen LogP contribution in [0.2, 0.25) is 0 Å². The first kappa shape index (κ1) is 32.4. The summed E-state index contributed by atoms with van der Waals surface area (Å²) >= 11 is 5.52. The summed E-state index contributed by atoms with van der Waals surface area (Å²) < 4.78 is 78.4. The number of rotatable bonds is 5. The highest BCUT2D eigenvalue weighted by Crippen LogP contribution is 2.47. The van der Waals surface area contributed by atoms with Crippen LogP contribution in [-0.2, 0) is 14.9 Å². The lowest BCUT2D eigenvalue weighted by Crippen LogP contribution is -2.39.